The van der Waals surface area contributed by atoms with Gasteiger partial charge < -0.3 is 0 Å². The Balaban J connectivity index is 2.07. The first-order valence-corrected chi connectivity index (χ1v) is 6.86. The molecule has 18 heavy (non-hydrogen) atoms. The lowest BCUT2D eigenvalue weighted by atomic mass is 10.1. The van der Waals surface area contributed by atoms with E-state index < -0.39 is 0 Å². The van der Waals surface area contributed by atoms with Crippen LogP contribution in [0.3, 0.4) is 0 Å². The molecule has 2 nitrogen and oxygen atoms in total. The van der Waals surface area contributed by atoms with Gasteiger partial charge in [0.05, 0.1) is 5.39 Å². The van der Waals surface area contributed by atoms with E-state index in [1.807, 2.05) is 10.9 Å². The van der Waals surface area contributed by atoms with E-state index in [2.05, 4.69) is 44.2 Å². The molecular weight excluding hydrogens is 222 g/mol. The molecule has 2 rings (SSSR count). The van der Waals surface area contributed by atoms with Crippen molar-refractivity contribution in [3.8, 4) is 0 Å². The molecule has 0 radical (unpaired) electrons. The van der Waals surface area contributed by atoms with Gasteiger partial charge in [0.2, 0.25) is 6.20 Å². The number of fused-ring (bicyclic) bond motifs is 1. The van der Waals surface area contributed by atoms with Crippen LogP contribution >= 0.6 is 0 Å². The van der Waals surface area contributed by atoms with Gasteiger partial charge in [-0.1, -0.05) is 31.9 Å². The Morgan fingerprint density at radius 2 is 1.89 bits per heavy atom. The molecule has 0 N–H and O–H groups in total. The maximum atomic E-state index is 5.84. The van der Waals surface area contributed by atoms with Crippen LogP contribution in [0, 0.1) is 6.92 Å². The average Bonchev–Trinajstić information content (AvgIpc) is 2.41. The third kappa shape index (κ3) is 3.00. The van der Waals surface area contributed by atoms with E-state index in [0.29, 0.717) is 0 Å². The first kappa shape index (κ1) is 12.9. The molecule has 1 heterocycles. The predicted molar refractivity (Wildman–Crippen MR) is 74.5 cm³/mol. The zero-order valence-corrected chi connectivity index (χ0v) is 11.4. The smallest absolute Gasteiger partial charge is 0.264 e. The van der Waals surface area contributed by atoms with Crippen LogP contribution in [0.25, 0.3) is 10.9 Å². The van der Waals surface area contributed by atoms with Crippen LogP contribution < -0.4 is 9.57 Å². The van der Waals surface area contributed by atoms with Crippen molar-refractivity contribution in [2.45, 2.75) is 39.5 Å². The Morgan fingerprint density at radius 3 is 2.72 bits per heavy atom. The Kier molecular flexibility index (Phi) is 4.57. The summed E-state index contributed by atoms with van der Waals surface area (Å²) in [6, 6.07) is 10.5. The molecule has 0 saturated heterocycles. The second-order valence-electron chi connectivity index (χ2n) is 4.74. The number of rotatable bonds is 6. The lowest BCUT2D eigenvalue weighted by Gasteiger charge is -2.03. The number of hydrogen-bond acceptors (Lipinski definition) is 1. The highest BCUT2D eigenvalue weighted by molar-refractivity contribution is 5.78. The molecule has 2 aromatic rings. The van der Waals surface area contributed by atoms with Gasteiger partial charge in [0.25, 0.3) is 5.52 Å². The average molecular weight is 244 g/mol. The summed E-state index contributed by atoms with van der Waals surface area (Å²) in [4.78, 5) is 5.84. The van der Waals surface area contributed by atoms with Gasteiger partial charge in [-0.2, -0.15) is 0 Å². The van der Waals surface area contributed by atoms with Gasteiger partial charge in [-0.3, -0.25) is 4.84 Å². The maximum Gasteiger partial charge on any atom is 0.264 e. The normalized spacial score (nSPS) is 10.8. The number of unbranched alkanes of at least 4 members (excludes halogenated alkanes) is 3. The minimum absolute atomic E-state index is 0.789. The molecule has 0 aliphatic heterocycles. The summed E-state index contributed by atoms with van der Waals surface area (Å²) in [7, 11) is 0. The van der Waals surface area contributed by atoms with Gasteiger partial charge in [-0.15, -0.1) is 0 Å². The highest BCUT2D eigenvalue weighted by Gasteiger charge is 2.11. The molecule has 0 amide bonds. The molecule has 1 aromatic heterocycles. The predicted octanol–water partition coefficient (Wildman–Crippen LogP) is 3.44. The second-order valence-corrected chi connectivity index (χ2v) is 4.74. The molecule has 0 bridgehead atoms. The monoisotopic (exact) mass is 244 g/mol. The van der Waals surface area contributed by atoms with Crippen molar-refractivity contribution in [2.24, 2.45) is 0 Å². The molecule has 0 atom stereocenters. The van der Waals surface area contributed by atoms with E-state index in [1.165, 1.54) is 30.2 Å². The van der Waals surface area contributed by atoms with Crippen LogP contribution in [-0.4, -0.2) is 6.61 Å². The number of aromatic nitrogens is 1. The molecule has 0 aliphatic carbocycles. The summed E-state index contributed by atoms with van der Waals surface area (Å²) < 4.78 is 1.90. The highest BCUT2D eigenvalue weighted by atomic mass is 16.7. The minimum atomic E-state index is 0.789. The third-order valence-corrected chi connectivity index (χ3v) is 3.25. The van der Waals surface area contributed by atoms with Crippen molar-refractivity contribution in [3.05, 3.63) is 42.1 Å². The van der Waals surface area contributed by atoms with Crippen LogP contribution in [-0.2, 0) is 0 Å². The number of hydrogen-bond donors (Lipinski definition) is 0. The molecule has 0 saturated carbocycles. The fourth-order valence-corrected chi connectivity index (χ4v) is 2.15. The van der Waals surface area contributed by atoms with Crippen LogP contribution in [0.2, 0.25) is 0 Å². The van der Waals surface area contributed by atoms with Crippen LogP contribution in [0.15, 0.2) is 36.5 Å². The number of aryl methyl sites for hydroxylation is 1. The van der Waals surface area contributed by atoms with E-state index in [1.54, 1.807) is 0 Å². The topological polar surface area (TPSA) is 13.1 Å². The Labute approximate surface area is 109 Å². The van der Waals surface area contributed by atoms with Gasteiger partial charge in [-0.05, 0) is 31.4 Å². The largest absolute Gasteiger partial charge is 0.271 e. The highest BCUT2D eigenvalue weighted by Crippen LogP contribution is 2.13. The van der Waals surface area contributed by atoms with Crippen molar-refractivity contribution in [3.63, 3.8) is 0 Å². The number of benzene rings is 1. The molecular formula is C16H22NO+. The number of pyridine rings is 1. The van der Waals surface area contributed by atoms with Gasteiger partial charge in [0, 0.05) is 16.9 Å². The summed E-state index contributed by atoms with van der Waals surface area (Å²) in [6.45, 7) is 5.15. The fourth-order valence-electron chi connectivity index (χ4n) is 2.15. The van der Waals surface area contributed by atoms with Gasteiger partial charge in [0.1, 0.15) is 0 Å². The molecule has 96 valence electrons. The summed E-state index contributed by atoms with van der Waals surface area (Å²) in [6.07, 6.45) is 6.95. The van der Waals surface area contributed by atoms with Crippen molar-refractivity contribution >= 4 is 10.9 Å². The molecule has 1 aromatic carbocycles. The standard InChI is InChI=1S/C16H22NO/c1-3-4-5-8-13-18-17-12-11-14(2)15-9-6-7-10-16(15)17/h6-7,9-12H,3-5,8,13H2,1-2H3/q+1. The van der Waals surface area contributed by atoms with Gasteiger partial charge in [-0.25, -0.2) is 0 Å². The number of para-hydroxylation sites is 1. The Morgan fingerprint density at radius 1 is 1.06 bits per heavy atom. The van der Waals surface area contributed by atoms with Crippen LogP contribution in [0.5, 0.6) is 0 Å². The molecule has 0 fully saturated rings. The quantitative estimate of drug-likeness (QED) is 0.560. The van der Waals surface area contributed by atoms with E-state index >= 15 is 0 Å². The lowest BCUT2D eigenvalue weighted by Crippen LogP contribution is -2.43. The van der Waals surface area contributed by atoms with E-state index in [-0.39, 0.29) is 0 Å². The second kappa shape index (κ2) is 6.39. The molecule has 2 heteroatoms. The van der Waals surface area contributed by atoms with E-state index in [9.17, 15) is 0 Å². The zero-order valence-electron chi connectivity index (χ0n) is 11.4. The zero-order chi connectivity index (χ0) is 12.8. The summed E-state index contributed by atoms with van der Waals surface area (Å²) in [5, 5.41) is 1.26. The third-order valence-electron chi connectivity index (χ3n) is 3.25. The Hall–Kier alpha value is -1.57. The fraction of sp³-hybridized carbons (Fsp3) is 0.438. The van der Waals surface area contributed by atoms with Crippen molar-refractivity contribution in [1.82, 2.24) is 0 Å². The van der Waals surface area contributed by atoms with Gasteiger partial charge in [0.15, 0.2) is 6.61 Å². The first-order valence-electron chi connectivity index (χ1n) is 6.86. The van der Waals surface area contributed by atoms with Crippen molar-refractivity contribution < 1.29 is 9.57 Å². The summed E-state index contributed by atoms with van der Waals surface area (Å²) in [5.74, 6) is 0. The minimum Gasteiger partial charge on any atom is -0.271 e. The molecule has 0 spiro atoms. The van der Waals surface area contributed by atoms with Crippen LogP contribution in [0.1, 0.15) is 38.2 Å². The summed E-state index contributed by atoms with van der Waals surface area (Å²) in [5.41, 5.74) is 2.43. The van der Waals surface area contributed by atoms with Crippen molar-refractivity contribution in [1.29, 1.82) is 0 Å². The van der Waals surface area contributed by atoms with Crippen molar-refractivity contribution in [2.75, 3.05) is 6.61 Å². The first-order chi connectivity index (χ1) is 8.83. The maximum absolute atomic E-state index is 5.84. The van der Waals surface area contributed by atoms with E-state index in [4.69, 9.17) is 4.84 Å². The van der Waals surface area contributed by atoms with E-state index in [0.717, 1.165) is 18.5 Å². The molecule has 0 unspecified atom stereocenters. The summed E-state index contributed by atoms with van der Waals surface area (Å²) >= 11 is 0. The Bertz CT molecular complexity index is 507. The molecule has 0 aliphatic rings. The number of nitrogens with zero attached hydrogens (tertiary/aromatic N) is 1. The SMILES string of the molecule is CCCCCCO[n+]1ccc(C)c2ccccc21. The van der Waals surface area contributed by atoms with Crippen LogP contribution in [0.4, 0.5) is 0 Å². The van der Waals surface area contributed by atoms with Gasteiger partial charge >= 0.3 is 0 Å². The lowest BCUT2D eigenvalue weighted by molar-refractivity contribution is -0.871.